The lowest BCUT2D eigenvalue weighted by Crippen LogP contribution is -2.37. The van der Waals surface area contributed by atoms with E-state index in [1.807, 2.05) is 47.8 Å². The van der Waals surface area contributed by atoms with Gasteiger partial charge in [0.05, 0.1) is 17.5 Å². The molecule has 158 valence electrons. The molecule has 31 heavy (non-hydrogen) atoms. The van der Waals surface area contributed by atoms with E-state index in [9.17, 15) is 14.4 Å². The SMILES string of the molecule is Cn1c(=O)c2cc(C(=O)N(CCc3ccccc3)Cc3cccs3)cnc2n(C)c1=O. The van der Waals surface area contributed by atoms with Gasteiger partial charge in [0.1, 0.15) is 5.65 Å². The predicted molar refractivity (Wildman–Crippen MR) is 121 cm³/mol. The molecule has 0 saturated carbocycles. The van der Waals surface area contributed by atoms with Crippen molar-refractivity contribution in [3.8, 4) is 0 Å². The molecule has 0 bridgehead atoms. The lowest BCUT2D eigenvalue weighted by atomic mass is 10.1. The third kappa shape index (κ3) is 4.20. The Kier molecular flexibility index (Phi) is 5.81. The first-order chi connectivity index (χ1) is 15.0. The molecule has 0 fully saturated rings. The van der Waals surface area contributed by atoms with Crippen molar-refractivity contribution in [1.82, 2.24) is 19.0 Å². The molecule has 0 N–H and O–H groups in total. The standard InChI is InChI=1S/C23H22N4O3S/c1-25-20-19(22(29)26(2)23(25)30)13-17(14-24-20)21(28)27(15-18-9-6-12-31-18)11-10-16-7-4-3-5-8-16/h3-9,12-14H,10-11,15H2,1-2H3. The van der Waals surface area contributed by atoms with Crippen molar-refractivity contribution in [2.45, 2.75) is 13.0 Å². The van der Waals surface area contributed by atoms with Crippen LogP contribution in [0.25, 0.3) is 11.0 Å². The summed E-state index contributed by atoms with van der Waals surface area (Å²) in [7, 11) is 2.98. The van der Waals surface area contributed by atoms with Gasteiger partial charge in [-0.05, 0) is 29.5 Å². The molecule has 1 aromatic carbocycles. The number of benzene rings is 1. The fourth-order valence-electron chi connectivity index (χ4n) is 3.52. The van der Waals surface area contributed by atoms with Gasteiger partial charge < -0.3 is 4.90 Å². The third-order valence-corrected chi connectivity index (χ3v) is 6.13. The number of aromatic nitrogens is 3. The minimum absolute atomic E-state index is 0.199. The molecule has 7 nitrogen and oxygen atoms in total. The zero-order valence-corrected chi connectivity index (χ0v) is 18.1. The van der Waals surface area contributed by atoms with Gasteiger partial charge >= 0.3 is 5.69 Å². The number of carbonyl (C=O) groups is 1. The van der Waals surface area contributed by atoms with Crippen molar-refractivity contribution in [1.29, 1.82) is 0 Å². The van der Waals surface area contributed by atoms with E-state index in [4.69, 9.17) is 0 Å². The van der Waals surface area contributed by atoms with Crippen LogP contribution in [0.4, 0.5) is 0 Å². The molecule has 0 radical (unpaired) electrons. The first kappa shape index (κ1) is 20.7. The van der Waals surface area contributed by atoms with Gasteiger partial charge in [-0.15, -0.1) is 11.3 Å². The number of amides is 1. The number of carbonyl (C=O) groups excluding carboxylic acids is 1. The summed E-state index contributed by atoms with van der Waals surface area (Å²) in [5.74, 6) is -0.199. The molecule has 0 saturated heterocycles. The molecular formula is C23H22N4O3S. The van der Waals surface area contributed by atoms with E-state index in [1.165, 1.54) is 23.9 Å². The normalized spacial score (nSPS) is 11.0. The number of rotatable bonds is 6. The molecule has 4 rings (SSSR count). The monoisotopic (exact) mass is 434 g/mol. The molecule has 0 atom stereocenters. The highest BCUT2D eigenvalue weighted by atomic mass is 32.1. The van der Waals surface area contributed by atoms with Gasteiger partial charge in [-0.2, -0.15) is 0 Å². The third-order valence-electron chi connectivity index (χ3n) is 5.27. The number of pyridine rings is 1. The lowest BCUT2D eigenvalue weighted by Gasteiger charge is -2.22. The molecule has 8 heteroatoms. The minimum atomic E-state index is -0.464. The summed E-state index contributed by atoms with van der Waals surface area (Å²) in [6.45, 7) is 1.01. The summed E-state index contributed by atoms with van der Waals surface area (Å²) in [6, 6.07) is 15.5. The van der Waals surface area contributed by atoms with Crippen molar-refractivity contribution in [2.24, 2.45) is 14.1 Å². The second-order valence-corrected chi connectivity index (χ2v) is 8.37. The average Bonchev–Trinajstić information content (AvgIpc) is 3.32. The van der Waals surface area contributed by atoms with Crippen molar-refractivity contribution in [3.05, 3.63) is 96.9 Å². The van der Waals surface area contributed by atoms with E-state index in [0.717, 1.165) is 21.4 Å². The second kappa shape index (κ2) is 8.69. The van der Waals surface area contributed by atoms with E-state index in [0.29, 0.717) is 18.7 Å². The molecule has 0 aliphatic heterocycles. The minimum Gasteiger partial charge on any atom is -0.333 e. The Hall–Kier alpha value is -3.52. The van der Waals surface area contributed by atoms with Crippen LogP contribution in [0.15, 0.2) is 69.7 Å². The number of hydrogen-bond donors (Lipinski definition) is 0. The van der Waals surface area contributed by atoms with Crippen LogP contribution in [0, 0.1) is 0 Å². The van der Waals surface area contributed by atoms with E-state index < -0.39 is 11.2 Å². The number of aryl methyl sites for hydroxylation is 1. The van der Waals surface area contributed by atoms with Gasteiger partial charge in [-0.25, -0.2) is 9.78 Å². The summed E-state index contributed by atoms with van der Waals surface area (Å²) in [5, 5.41) is 2.23. The largest absolute Gasteiger partial charge is 0.333 e. The molecule has 1 amide bonds. The van der Waals surface area contributed by atoms with E-state index in [1.54, 1.807) is 23.3 Å². The Morgan fingerprint density at radius 2 is 1.84 bits per heavy atom. The van der Waals surface area contributed by atoms with Gasteiger partial charge in [0.2, 0.25) is 0 Å². The van der Waals surface area contributed by atoms with Gasteiger partial charge in [0.25, 0.3) is 11.5 Å². The van der Waals surface area contributed by atoms with Crippen LogP contribution in [0.2, 0.25) is 0 Å². The maximum atomic E-state index is 13.4. The summed E-state index contributed by atoms with van der Waals surface area (Å²) >= 11 is 1.60. The molecular weight excluding hydrogens is 412 g/mol. The summed E-state index contributed by atoms with van der Waals surface area (Å²) < 4.78 is 2.33. The number of fused-ring (bicyclic) bond motifs is 1. The Balaban J connectivity index is 1.69. The van der Waals surface area contributed by atoms with Crippen molar-refractivity contribution < 1.29 is 4.79 Å². The highest BCUT2D eigenvalue weighted by Crippen LogP contribution is 2.17. The van der Waals surface area contributed by atoms with Crippen molar-refractivity contribution in [3.63, 3.8) is 0 Å². The first-order valence-electron chi connectivity index (χ1n) is 9.87. The Bertz CT molecular complexity index is 1340. The predicted octanol–water partition coefficient (Wildman–Crippen LogP) is 2.58. The van der Waals surface area contributed by atoms with E-state index >= 15 is 0 Å². The van der Waals surface area contributed by atoms with E-state index in [2.05, 4.69) is 4.98 Å². The molecule has 3 aromatic heterocycles. The highest BCUT2D eigenvalue weighted by molar-refractivity contribution is 7.09. The van der Waals surface area contributed by atoms with Gasteiger partial charge in [0, 0.05) is 31.7 Å². The molecule has 3 heterocycles. The van der Waals surface area contributed by atoms with Crippen LogP contribution < -0.4 is 11.2 Å². The number of thiophene rings is 1. The Labute approximate surface area is 182 Å². The fourth-order valence-corrected chi connectivity index (χ4v) is 4.24. The van der Waals surface area contributed by atoms with Crippen LogP contribution in [0.3, 0.4) is 0 Å². The van der Waals surface area contributed by atoms with Crippen molar-refractivity contribution >= 4 is 28.3 Å². The maximum Gasteiger partial charge on any atom is 0.332 e. The molecule has 0 aliphatic rings. The van der Waals surface area contributed by atoms with Crippen molar-refractivity contribution in [2.75, 3.05) is 6.54 Å². The number of nitrogens with zero attached hydrogens (tertiary/aromatic N) is 4. The smallest absolute Gasteiger partial charge is 0.332 e. The highest BCUT2D eigenvalue weighted by Gasteiger charge is 2.19. The Morgan fingerprint density at radius 3 is 2.55 bits per heavy atom. The van der Waals surface area contributed by atoms with Crippen LogP contribution in [-0.2, 0) is 27.1 Å². The molecule has 0 unspecified atom stereocenters. The first-order valence-corrected chi connectivity index (χ1v) is 10.7. The molecule has 0 aliphatic carbocycles. The van der Waals surface area contributed by atoms with Crippen LogP contribution in [0.1, 0.15) is 20.8 Å². The Morgan fingerprint density at radius 1 is 1.06 bits per heavy atom. The zero-order valence-electron chi connectivity index (χ0n) is 17.3. The van der Waals surface area contributed by atoms with Crippen LogP contribution >= 0.6 is 11.3 Å². The van der Waals surface area contributed by atoms with Gasteiger partial charge in [0.15, 0.2) is 0 Å². The average molecular weight is 435 g/mol. The summed E-state index contributed by atoms with van der Waals surface area (Å²) in [5.41, 5.74) is 0.819. The second-order valence-electron chi connectivity index (χ2n) is 7.34. The molecule has 0 spiro atoms. The molecule has 4 aromatic rings. The zero-order chi connectivity index (χ0) is 22.0. The number of hydrogen-bond acceptors (Lipinski definition) is 5. The van der Waals surface area contributed by atoms with Crippen LogP contribution in [-0.4, -0.2) is 31.5 Å². The van der Waals surface area contributed by atoms with Gasteiger partial charge in [-0.3, -0.25) is 18.7 Å². The topological polar surface area (TPSA) is 77.2 Å². The summed E-state index contributed by atoms with van der Waals surface area (Å²) in [4.78, 5) is 45.3. The lowest BCUT2D eigenvalue weighted by molar-refractivity contribution is 0.0746. The van der Waals surface area contributed by atoms with Crippen LogP contribution in [0.5, 0.6) is 0 Å². The van der Waals surface area contributed by atoms with Gasteiger partial charge in [-0.1, -0.05) is 36.4 Å². The quantitative estimate of drug-likeness (QED) is 0.467. The fraction of sp³-hybridized carbons (Fsp3) is 0.217. The summed E-state index contributed by atoms with van der Waals surface area (Å²) in [6.07, 6.45) is 2.16. The van der Waals surface area contributed by atoms with E-state index in [-0.39, 0.29) is 16.9 Å². The maximum absolute atomic E-state index is 13.4.